The fourth-order valence-electron chi connectivity index (χ4n) is 6.55. The van der Waals surface area contributed by atoms with E-state index in [1.165, 1.54) is 0 Å². The van der Waals surface area contributed by atoms with E-state index in [9.17, 15) is 9.59 Å². The number of esters is 2. The van der Waals surface area contributed by atoms with Crippen molar-refractivity contribution in [2.75, 3.05) is 7.05 Å². The summed E-state index contributed by atoms with van der Waals surface area (Å²) in [6, 6.07) is 0. The monoisotopic (exact) mass is 592 g/mol. The van der Waals surface area contributed by atoms with Gasteiger partial charge in [-0.25, -0.2) is 0 Å². The van der Waals surface area contributed by atoms with E-state index in [-0.39, 0.29) is 45.8 Å². The predicted molar refractivity (Wildman–Crippen MR) is 177 cm³/mol. The number of rotatable bonds is 8. The van der Waals surface area contributed by atoms with E-state index in [4.69, 9.17) is 9.47 Å². The second-order valence-corrected chi connectivity index (χ2v) is 18.1. The average Bonchev–Trinajstić information content (AvgIpc) is 2.80. The fourth-order valence-corrected chi connectivity index (χ4v) is 6.55. The molecule has 2 rings (SSSR count). The van der Waals surface area contributed by atoms with Gasteiger partial charge < -0.3 is 14.8 Å². The van der Waals surface area contributed by atoms with Gasteiger partial charge in [-0.1, -0.05) is 94.7 Å². The van der Waals surface area contributed by atoms with Gasteiger partial charge in [0.05, 0.1) is 5.41 Å². The van der Waals surface area contributed by atoms with Crippen LogP contribution in [0.4, 0.5) is 0 Å². The van der Waals surface area contributed by atoms with Crippen LogP contribution >= 0.6 is 0 Å². The third-order valence-corrected chi connectivity index (χ3v) is 10.2. The highest BCUT2D eigenvalue weighted by Crippen LogP contribution is 2.48. The number of fused-ring (bicyclic) bond motifs is 2. The summed E-state index contributed by atoms with van der Waals surface area (Å²) in [5, 5.41) is 3.23. The molecule has 2 aliphatic carbocycles. The Kier molecular flexibility index (Phi) is 12.6. The van der Waals surface area contributed by atoms with Gasteiger partial charge in [-0.2, -0.15) is 0 Å². The molecule has 42 heavy (non-hydrogen) atoms. The Labute approximate surface area is 260 Å². The molecular weight excluding hydrogens is 522 g/mol. The summed E-state index contributed by atoms with van der Waals surface area (Å²) in [7, 11) is 1.86. The molecule has 0 aromatic heterocycles. The molecule has 1 saturated carbocycles. The second-order valence-electron chi connectivity index (χ2n) is 18.1. The van der Waals surface area contributed by atoms with E-state index < -0.39 is 11.0 Å². The maximum Gasteiger partial charge on any atom is 0.326 e. The number of nitrogens with one attached hydrogen (secondary N) is 1. The van der Waals surface area contributed by atoms with E-state index in [1.807, 2.05) is 27.8 Å². The Morgan fingerprint density at radius 3 is 1.86 bits per heavy atom. The summed E-state index contributed by atoms with van der Waals surface area (Å²) in [6.45, 7) is 33.9. The van der Waals surface area contributed by atoms with E-state index in [2.05, 4.69) is 101 Å². The molecule has 1 fully saturated rings. The molecule has 2 bridgehead atoms. The molecule has 0 aromatic carbocycles. The van der Waals surface area contributed by atoms with Gasteiger partial charge >= 0.3 is 11.9 Å². The minimum Gasteiger partial charge on any atom is -0.462 e. The van der Waals surface area contributed by atoms with Crippen molar-refractivity contribution in [2.24, 2.45) is 39.4 Å². The number of ether oxygens (including phenoxy) is 2. The van der Waals surface area contributed by atoms with Crippen molar-refractivity contribution in [1.82, 2.24) is 5.32 Å². The minimum atomic E-state index is -0.633. The molecule has 6 atom stereocenters. The lowest BCUT2D eigenvalue weighted by Gasteiger charge is -2.49. The van der Waals surface area contributed by atoms with Gasteiger partial charge in [0.25, 0.3) is 0 Å². The lowest BCUT2D eigenvalue weighted by molar-refractivity contribution is -0.183. The molecule has 6 unspecified atom stereocenters. The Hall–Kier alpha value is -1.36. The van der Waals surface area contributed by atoms with E-state index >= 15 is 0 Å². The molecular formula is C37H69NO4. The van der Waals surface area contributed by atoms with E-state index in [1.54, 1.807) is 5.57 Å². The van der Waals surface area contributed by atoms with Gasteiger partial charge in [-0.3, -0.25) is 9.59 Å². The lowest BCUT2D eigenvalue weighted by atomic mass is 9.64. The van der Waals surface area contributed by atoms with Crippen molar-refractivity contribution in [2.45, 2.75) is 167 Å². The quantitative estimate of drug-likeness (QED) is 0.225. The van der Waals surface area contributed by atoms with Crippen LogP contribution in [0.25, 0.3) is 0 Å². The maximum absolute atomic E-state index is 13.1. The zero-order valence-corrected chi connectivity index (χ0v) is 30.8. The number of carbonyl (C=O) groups is 2. The summed E-state index contributed by atoms with van der Waals surface area (Å²) < 4.78 is 12.0. The second kappa shape index (κ2) is 13.7. The number of hydrogen-bond acceptors (Lipinski definition) is 5. The number of likely N-dealkylation sites (N-methyl/N-ethyl adjacent to an activating group) is 1. The fraction of sp³-hybridized carbons (Fsp3) is 0.892. The highest BCUT2D eigenvalue weighted by atomic mass is 16.6. The highest BCUT2D eigenvalue weighted by molar-refractivity contribution is 5.81. The predicted octanol–water partition coefficient (Wildman–Crippen LogP) is 9.53. The molecule has 246 valence electrons. The average molecular weight is 592 g/mol. The Morgan fingerprint density at radius 2 is 1.43 bits per heavy atom. The first-order valence-corrected chi connectivity index (χ1v) is 16.5. The molecule has 0 amide bonds. The summed E-state index contributed by atoms with van der Waals surface area (Å²) >= 11 is 0. The molecule has 0 radical (unpaired) electrons. The Morgan fingerprint density at radius 1 is 0.905 bits per heavy atom. The van der Waals surface area contributed by atoms with E-state index in [0.717, 1.165) is 38.5 Å². The number of hydrogen-bond donors (Lipinski definition) is 1. The summed E-state index contributed by atoms with van der Waals surface area (Å²) in [4.78, 5) is 25.7. The molecule has 1 N–H and O–H groups in total. The van der Waals surface area contributed by atoms with Crippen molar-refractivity contribution in [3.63, 3.8) is 0 Å². The summed E-state index contributed by atoms with van der Waals surface area (Å²) in [5.74, 6) is 0.965. The molecule has 2 aliphatic rings. The van der Waals surface area contributed by atoms with Crippen molar-refractivity contribution >= 4 is 11.9 Å². The maximum atomic E-state index is 13.1. The molecule has 5 heteroatoms. The molecule has 0 aromatic rings. The van der Waals surface area contributed by atoms with Gasteiger partial charge in [0.2, 0.25) is 0 Å². The van der Waals surface area contributed by atoms with Crippen molar-refractivity contribution < 1.29 is 19.1 Å². The van der Waals surface area contributed by atoms with Crippen molar-refractivity contribution in [3.8, 4) is 0 Å². The number of carbonyl (C=O) groups excluding carboxylic acids is 2. The van der Waals surface area contributed by atoms with Gasteiger partial charge in [-0.05, 0) is 101 Å². The summed E-state index contributed by atoms with van der Waals surface area (Å²) in [6.07, 6.45) is 8.35. The van der Waals surface area contributed by atoms with Crippen LogP contribution in [0.1, 0.15) is 149 Å². The third kappa shape index (κ3) is 10.4. The molecule has 0 heterocycles. The van der Waals surface area contributed by atoms with Crippen molar-refractivity contribution in [3.05, 3.63) is 11.6 Å². The van der Waals surface area contributed by atoms with Crippen molar-refractivity contribution in [1.29, 1.82) is 0 Å². The molecule has 0 aliphatic heterocycles. The standard InChI is InChI=1S/C20H35NO2.C17H34O2/c1-14-11-15-9-8-10-16(12-15)20(14,6)23-17(22)19(5,21-7)13-18(2,3)4;1-12(2)17(10,11-15(4,5)6)14(18)19-13(3)16(7,8)9/h9,14,16,21H,8,10-13H2,1-7H3;12-13H,11H2,1-10H3. The lowest BCUT2D eigenvalue weighted by Crippen LogP contribution is -2.57. The number of allylic oxidation sites excluding steroid dienone is 2. The zero-order chi connectivity index (χ0) is 33.1. The first-order valence-electron chi connectivity index (χ1n) is 16.5. The first kappa shape index (κ1) is 38.7. The summed E-state index contributed by atoms with van der Waals surface area (Å²) in [5.41, 5.74) is 0.330. The van der Waals surface area contributed by atoms with Crippen LogP contribution in [-0.2, 0) is 19.1 Å². The van der Waals surface area contributed by atoms with Crippen LogP contribution in [0.5, 0.6) is 0 Å². The highest BCUT2D eigenvalue weighted by Gasteiger charge is 2.50. The molecule has 0 saturated heterocycles. The minimum absolute atomic E-state index is 0.0186. The largest absolute Gasteiger partial charge is 0.462 e. The first-order chi connectivity index (χ1) is 18.7. The topological polar surface area (TPSA) is 64.6 Å². The van der Waals surface area contributed by atoms with Gasteiger partial charge in [0.1, 0.15) is 17.2 Å². The van der Waals surface area contributed by atoms with E-state index in [0.29, 0.717) is 11.8 Å². The van der Waals surface area contributed by atoms with Gasteiger partial charge in [0.15, 0.2) is 0 Å². The zero-order valence-electron chi connectivity index (χ0n) is 30.8. The Balaban J connectivity index is 0.000000430. The van der Waals surface area contributed by atoms with Crippen LogP contribution in [-0.4, -0.2) is 36.2 Å². The normalized spacial score (nSPS) is 26.6. The molecule has 0 spiro atoms. The SMILES string of the molecule is CC(OC(=O)C(C)(CC(C)(C)C)C(C)C)C(C)(C)C.CNC(C)(CC(C)(C)C)C(=O)OC1(C)C(C)CC2=CCCC1C2. The van der Waals surface area contributed by atoms with Crippen LogP contribution in [0.15, 0.2) is 11.6 Å². The van der Waals surface area contributed by atoms with Crippen LogP contribution in [0, 0.1) is 39.4 Å². The van der Waals surface area contributed by atoms with Crippen LogP contribution < -0.4 is 5.32 Å². The van der Waals surface area contributed by atoms with Crippen LogP contribution in [0.2, 0.25) is 0 Å². The third-order valence-electron chi connectivity index (χ3n) is 10.2. The Bertz CT molecular complexity index is 946. The van der Waals surface area contributed by atoms with Gasteiger partial charge in [0, 0.05) is 5.92 Å². The smallest absolute Gasteiger partial charge is 0.326 e. The van der Waals surface area contributed by atoms with Gasteiger partial charge in [-0.15, -0.1) is 0 Å². The van der Waals surface area contributed by atoms with Crippen LogP contribution in [0.3, 0.4) is 0 Å². The molecule has 5 nitrogen and oxygen atoms in total.